The lowest BCUT2D eigenvalue weighted by Crippen LogP contribution is -2.36. The molecule has 0 aromatic heterocycles. The fourth-order valence-electron chi connectivity index (χ4n) is 13.8. The molecule has 1 saturated heterocycles. The molecule has 768 valence electrons. The Morgan fingerprint density at radius 2 is 0.847 bits per heavy atom. The molecule has 1 fully saturated rings. The minimum atomic E-state index is -4.65. The van der Waals surface area contributed by atoms with Gasteiger partial charge in [0.15, 0.2) is 0 Å². The molecule has 27 heteroatoms. The van der Waals surface area contributed by atoms with Gasteiger partial charge in [-0.3, -0.25) is 0 Å². The van der Waals surface area contributed by atoms with E-state index in [1.807, 2.05) is 284 Å². The van der Waals surface area contributed by atoms with Crippen molar-refractivity contribution in [3.8, 4) is 57.4 Å². The summed E-state index contributed by atoms with van der Waals surface area (Å²) in [5.74, 6) is 5.45. The number of alkyl carbamates (subject to hydrolysis) is 2. The van der Waals surface area contributed by atoms with Crippen molar-refractivity contribution in [2.45, 2.75) is 151 Å². The molecule has 1 unspecified atom stereocenters. The molecule has 2 N–H and O–H groups in total. The number of benzene rings is 13. The van der Waals surface area contributed by atoms with E-state index in [4.69, 9.17) is 62.1 Å². The number of alkyl halides is 3. The Labute approximate surface area is 848 Å². The van der Waals surface area contributed by atoms with E-state index in [2.05, 4.69) is 98.5 Å². The van der Waals surface area contributed by atoms with Crippen molar-refractivity contribution >= 4 is 35.1 Å². The van der Waals surface area contributed by atoms with Gasteiger partial charge in [0.05, 0.1) is 99.5 Å². The number of nitriles is 1. The second-order valence-corrected chi connectivity index (χ2v) is 32.7. The van der Waals surface area contributed by atoms with Gasteiger partial charge in [0.2, 0.25) is 0 Å². The molecule has 14 rings (SSSR count). The number of methoxy groups -OCH3 is 11. The van der Waals surface area contributed by atoms with Crippen molar-refractivity contribution in [1.29, 1.82) is 5.26 Å². The second-order valence-electron chi connectivity index (χ2n) is 32.7. The molecule has 1 atom stereocenters. The maximum Gasteiger partial charge on any atom is 0.573 e. The monoisotopic (exact) mass is 1980 g/mol. The van der Waals surface area contributed by atoms with E-state index in [0.29, 0.717) is 63.1 Å². The highest BCUT2D eigenvalue weighted by Gasteiger charge is 2.31. The maximum atomic E-state index is 11.8. The van der Waals surface area contributed by atoms with Gasteiger partial charge in [-0.25, -0.2) is 19.2 Å². The van der Waals surface area contributed by atoms with Crippen LogP contribution in [0.4, 0.5) is 32.3 Å². The number of ether oxygens (including phenoxy) is 15. The van der Waals surface area contributed by atoms with Crippen LogP contribution in [0, 0.1) is 11.3 Å². The Morgan fingerprint density at radius 3 is 1.35 bits per heavy atom. The molecule has 4 amide bonds. The maximum absolute atomic E-state index is 11.8. The van der Waals surface area contributed by atoms with Crippen molar-refractivity contribution < 1.29 is 103 Å². The van der Waals surface area contributed by atoms with Crippen LogP contribution in [0.25, 0.3) is 21.9 Å². The lowest BCUT2D eigenvalue weighted by Gasteiger charge is -2.25. The Morgan fingerprint density at radius 1 is 0.417 bits per heavy atom. The fraction of sp³-hybridized carbons (Fsp3) is 0.308. The van der Waals surface area contributed by atoms with Gasteiger partial charge in [-0.15, -0.1) is 13.2 Å². The number of likely N-dealkylation sites (tertiary alicyclic amines) is 1. The zero-order valence-corrected chi connectivity index (χ0v) is 85.9. The van der Waals surface area contributed by atoms with Gasteiger partial charge >= 0.3 is 30.7 Å². The normalized spacial score (nSPS) is 11.2. The summed E-state index contributed by atoms with van der Waals surface area (Å²) in [4.78, 5) is 47.7. The Kier molecular flexibility index (Phi) is 58.0. The van der Waals surface area contributed by atoms with Crippen LogP contribution in [-0.2, 0) is 102 Å². The molecule has 13 aromatic carbocycles. The van der Waals surface area contributed by atoms with Crippen LogP contribution in [-0.4, -0.2) is 150 Å². The van der Waals surface area contributed by atoms with Gasteiger partial charge in [0.1, 0.15) is 40.2 Å². The number of carbonyl (C=O) groups is 4. The van der Waals surface area contributed by atoms with Gasteiger partial charge < -0.3 is 91.5 Å². The van der Waals surface area contributed by atoms with E-state index in [-0.39, 0.29) is 42.8 Å². The zero-order chi connectivity index (χ0) is 105. The van der Waals surface area contributed by atoms with E-state index >= 15 is 0 Å². The number of amides is 4. The first-order chi connectivity index (χ1) is 69.6. The summed E-state index contributed by atoms with van der Waals surface area (Å²) in [6.07, 6.45) is -2.17. The molecule has 0 aliphatic carbocycles. The lowest BCUT2D eigenvalue weighted by atomic mass is 9.99. The first-order valence-corrected chi connectivity index (χ1v) is 46.9. The zero-order valence-electron chi connectivity index (χ0n) is 85.9. The predicted molar refractivity (Wildman–Crippen MR) is 560 cm³/mol. The first kappa shape index (κ1) is 120. The van der Waals surface area contributed by atoms with Gasteiger partial charge in [0.25, 0.3) is 0 Å². The number of rotatable bonds is 30. The standard InChI is InChI=1S/C15H16O2.C14H14O2.C13H11NO.C12H15NO2.C12H17NO2.C12H18O.C11H16O2.C10H13NO3.C9H9F3O2.C9H11NO2/c1-16-11-12-6-5-7-13(10-12)14-8-3-4-9-15(14)17-2;1-15-11-12-6-5-9-14(10-12)16-13-7-3-2-4-8-13;1-15-9-11-3-5-12-4-2-10(8-14)6-13(12)7-11;1-15-12(14)13-8-7-11(9-13)10-5-3-2-4-6-10;1-10(2)13(12(14)15-3)9-11-7-5-4-6-8-11;1-4-6-11-7-5-8-12(9-11)13-10(2)3;1-9(2)13-11-6-4-5-10(7-11)8-12-3;1-13-9-6-4-3-5-8(9)7-11-10(12)14-2;1-13-6-7-3-2-4-8(5-7)14-9(10,11)12;1-12-9(11)10-7-8-5-3-2-4-6-8/h3-10H,11H2,1-2H3;2-10H,11H2,1H3;2-7H,9H2,1H3;2-6,11H,7-9H2,1H3;4-8,10H,9H2,1-3H3;5,7-10H,4,6H2,1-3H3;4-7,9H,8H2,1-3H3;3-6H,7H2,1-2H3,(H,11,12);2-5H,6H2,1H3;2-6H,7H2,1H3,(H,10,11). The van der Waals surface area contributed by atoms with E-state index < -0.39 is 18.5 Å². The highest BCUT2D eigenvalue weighted by atomic mass is 19.4. The minimum absolute atomic E-state index is 0.137. The van der Waals surface area contributed by atoms with Crippen LogP contribution >= 0.6 is 0 Å². The van der Waals surface area contributed by atoms with Crippen LogP contribution in [0.5, 0.6) is 40.2 Å². The lowest BCUT2D eigenvalue weighted by molar-refractivity contribution is -0.274. The summed E-state index contributed by atoms with van der Waals surface area (Å²) < 4.78 is 110. The fourth-order valence-corrected chi connectivity index (χ4v) is 13.8. The average Bonchev–Trinajstić information content (AvgIpc) is 1.30. The molecular formula is C117H140F3N5O19. The van der Waals surface area contributed by atoms with Gasteiger partial charge in [0, 0.05) is 91.4 Å². The topological polar surface area (TPSA) is 261 Å². The second kappa shape index (κ2) is 69.9. The van der Waals surface area contributed by atoms with Crippen molar-refractivity contribution in [2.24, 2.45) is 0 Å². The highest BCUT2D eigenvalue weighted by Crippen LogP contribution is 2.32. The number of nitrogens with one attached hydrogen (secondary N) is 2. The van der Waals surface area contributed by atoms with E-state index in [1.54, 1.807) is 58.5 Å². The highest BCUT2D eigenvalue weighted by molar-refractivity contribution is 5.84. The molecule has 144 heavy (non-hydrogen) atoms. The number of aryl methyl sites for hydroxylation is 1. The summed E-state index contributed by atoms with van der Waals surface area (Å²) in [6.45, 7) is 20.1. The largest absolute Gasteiger partial charge is 0.573 e. The van der Waals surface area contributed by atoms with Gasteiger partial charge in [-0.1, -0.05) is 244 Å². The number of para-hydroxylation sites is 3. The molecule has 24 nitrogen and oxygen atoms in total. The first-order valence-electron chi connectivity index (χ1n) is 46.9. The van der Waals surface area contributed by atoms with E-state index in [0.717, 1.165) is 121 Å². The third kappa shape index (κ3) is 49.0. The van der Waals surface area contributed by atoms with Crippen LogP contribution in [0.1, 0.15) is 128 Å². The molecule has 13 aromatic rings. The smallest absolute Gasteiger partial charge is 0.496 e. The number of fused-ring (bicyclic) bond motifs is 1. The number of halogens is 3. The summed E-state index contributed by atoms with van der Waals surface area (Å²) in [6, 6.07) is 107. The van der Waals surface area contributed by atoms with Crippen molar-refractivity contribution in [2.75, 3.05) is 91.3 Å². The van der Waals surface area contributed by atoms with Crippen LogP contribution in [0.3, 0.4) is 0 Å². The molecule has 0 saturated carbocycles. The summed E-state index contributed by atoms with van der Waals surface area (Å²) in [5, 5.41) is 16.2. The molecule has 1 heterocycles. The number of hydrogen-bond donors (Lipinski definition) is 2. The number of carbonyl (C=O) groups excluding carboxylic acids is 4. The van der Waals surface area contributed by atoms with E-state index in [9.17, 15) is 32.3 Å². The number of hydrogen-bond acceptors (Lipinski definition) is 20. The molecule has 1 aliphatic heterocycles. The van der Waals surface area contributed by atoms with Crippen molar-refractivity contribution in [3.05, 3.63) is 389 Å². The third-order valence-corrected chi connectivity index (χ3v) is 20.4. The Hall–Kier alpha value is -14.9. The predicted octanol–water partition coefficient (Wildman–Crippen LogP) is 26.8. The Balaban J connectivity index is 0.000000282. The van der Waals surface area contributed by atoms with E-state index in [1.165, 1.54) is 71.3 Å². The summed E-state index contributed by atoms with van der Waals surface area (Å²) in [7, 11) is 17.0. The summed E-state index contributed by atoms with van der Waals surface area (Å²) >= 11 is 0. The van der Waals surface area contributed by atoms with Crippen LogP contribution < -0.4 is 39.1 Å². The number of nitrogens with zero attached hydrogens (tertiary/aromatic N) is 3. The summed E-state index contributed by atoms with van der Waals surface area (Å²) in [5.41, 5.74) is 13.9. The molecule has 0 bridgehead atoms. The van der Waals surface area contributed by atoms with Crippen LogP contribution in [0.2, 0.25) is 0 Å². The van der Waals surface area contributed by atoms with Crippen molar-refractivity contribution in [1.82, 2.24) is 20.4 Å². The minimum Gasteiger partial charge on any atom is -0.496 e. The SMILES string of the molecule is CCCc1cccc(OC(C)C)c1.COC(=O)N(Cc1ccccc1)C(C)C.COC(=O)N1CCC(c2ccccc2)C1.COC(=O)NCc1ccccc1.COC(=O)NCc1ccccc1OC.COCc1ccc2ccc(C#N)cc2c1.COCc1cccc(-c2ccccc2OC)c1.COCc1cccc(OC(C)C)c1.COCc1cccc(OC(F)(F)F)c1.COCc1cccc(Oc2ccccc2)c1. The van der Waals surface area contributed by atoms with Gasteiger partial charge in [-0.05, 0) is 218 Å². The molecular weight excluding hydrogens is 1840 g/mol. The molecule has 1 aliphatic rings. The third-order valence-electron chi connectivity index (χ3n) is 20.4. The molecule has 0 radical (unpaired) electrons. The van der Waals surface area contributed by atoms with Gasteiger partial charge in [-0.2, -0.15) is 5.26 Å². The van der Waals surface area contributed by atoms with Crippen LogP contribution in [0.15, 0.2) is 328 Å². The van der Waals surface area contributed by atoms with Crippen molar-refractivity contribution in [3.63, 3.8) is 0 Å². The Bertz CT molecular complexity index is 5750. The quantitative estimate of drug-likeness (QED) is 0.0396. The average molecular weight is 1980 g/mol. The molecule has 0 spiro atoms.